The lowest BCUT2D eigenvalue weighted by molar-refractivity contribution is -0.192. The maximum Gasteiger partial charge on any atom is 0.490 e. The quantitative estimate of drug-likeness (QED) is 0.564. The van der Waals surface area contributed by atoms with E-state index in [1.165, 1.54) is 0 Å². The Labute approximate surface area is 204 Å². The average molecular weight is 503 g/mol. The van der Waals surface area contributed by atoms with E-state index < -0.39 is 12.1 Å². The first-order valence-electron chi connectivity index (χ1n) is 10.9. The van der Waals surface area contributed by atoms with Gasteiger partial charge in [-0.05, 0) is 37.6 Å². The number of imidazole rings is 1. The lowest BCUT2D eigenvalue weighted by Crippen LogP contribution is -2.41. The molecule has 190 valence electrons. The molecule has 12 heteroatoms. The zero-order chi connectivity index (χ0) is 26.5. The molecule has 1 unspecified atom stereocenters. The van der Waals surface area contributed by atoms with Crippen molar-refractivity contribution in [2.45, 2.75) is 39.2 Å². The zero-order valence-electron chi connectivity index (χ0n) is 19.5. The number of carboxylic acids is 1. The van der Waals surface area contributed by atoms with E-state index in [1.807, 2.05) is 59.7 Å². The van der Waals surface area contributed by atoms with Gasteiger partial charge in [0.2, 0.25) is 0 Å². The van der Waals surface area contributed by atoms with Crippen LogP contribution in [0.5, 0.6) is 0 Å². The lowest BCUT2D eigenvalue weighted by atomic mass is 10.1. The molecule has 0 aliphatic carbocycles. The second kappa shape index (κ2) is 11.0. The third kappa shape index (κ3) is 6.46. The van der Waals surface area contributed by atoms with Crippen LogP contribution in [0.15, 0.2) is 55.0 Å². The number of aromatic nitrogens is 3. The highest BCUT2D eigenvalue weighted by Gasteiger charge is 2.38. The zero-order valence-corrected chi connectivity index (χ0v) is 19.5. The predicted molar refractivity (Wildman–Crippen MR) is 122 cm³/mol. The first-order valence-corrected chi connectivity index (χ1v) is 10.9. The van der Waals surface area contributed by atoms with Gasteiger partial charge in [-0.15, -0.1) is 0 Å². The molecule has 0 bridgehead atoms. The fourth-order valence-electron chi connectivity index (χ4n) is 3.60. The Hall–Kier alpha value is -4.22. The minimum Gasteiger partial charge on any atom is -0.475 e. The Morgan fingerprint density at radius 1 is 1.17 bits per heavy atom. The highest BCUT2D eigenvalue weighted by atomic mass is 19.4. The third-order valence-electron chi connectivity index (χ3n) is 5.41. The van der Waals surface area contributed by atoms with Crippen molar-refractivity contribution in [3.8, 4) is 0 Å². The van der Waals surface area contributed by atoms with Crippen molar-refractivity contribution in [2.75, 3.05) is 6.54 Å². The van der Waals surface area contributed by atoms with Crippen molar-refractivity contribution in [3.63, 3.8) is 0 Å². The summed E-state index contributed by atoms with van der Waals surface area (Å²) in [7, 11) is 0. The van der Waals surface area contributed by atoms with Gasteiger partial charge in [0.25, 0.3) is 11.8 Å². The molecule has 1 aromatic carbocycles. The Bertz CT molecular complexity index is 1240. The number of halogens is 3. The summed E-state index contributed by atoms with van der Waals surface area (Å²) in [4.78, 5) is 44.8. The maximum atomic E-state index is 13.0. The van der Waals surface area contributed by atoms with Crippen LogP contribution in [0.25, 0.3) is 0 Å². The molecule has 1 aliphatic heterocycles. The lowest BCUT2D eigenvalue weighted by Gasteiger charge is -2.33. The molecule has 3 heterocycles. The standard InChI is InChI=1S/C22H23N5O2.C2HF3O2/c1-15-5-3-7-18(11-15)22(29)27-10-9-26-14-19(25-20(26)16(27)2)21(28)24-13-17-6-4-8-23-12-17;3-2(4,5)1(6)7/h3-8,11-12,14,16H,9-10,13H2,1-2H3,(H,24,28);(H,6,7). The van der Waals surface area contributed by atoms with Gasteiger partial charge in [0, 0.05) is 43.8 Å². The smallest absolute Gasteiger partial charge is 0.475 e. The number of hydrogen-bond acceptors (Lipinski definition) is 5. The molecular formula is C24H24F3N5O4. The molecule has 9 nitrogen and oxygen atoms in total. The van der Waals surface area contributed by atoms with Crippen LogP contribution in [-0.4, -0.2) is 55.0 Å². The van der Waals surface area contributed by atoms with E-state index in [2.05, 4.69) is 15.3 Å². The molecule has 0 radical (unpaired) electrons. The number of amides is 2. The molecule has 36 heavy (non-hydrogen) atoms. The number of pyridine rings is 1. The van der Waals surface area contributed by atoms with Crippen LogP contribution >= 0.6 is 0 Å². The molecule has 1 aliphatic rings. The summed E-state index contributed by atoms with van der Waals surface area (Å²) in [5, 5.41) is 9.99. The van der Waals surface area contributed by atoms with E-state index in [1.54, 1.807) is 18.6 Å². The Kier molecular flexibility index (Phi) is 8.07. The van der Waals surface area contributed by atoms with E-state index in [0.717, 1.165) is 17.0 Å². The fraction of sp³-hybridized carbons (Fsp3) is 0.292. The normalized spacial score (nSPS) is 14.8. The molecular weight excluding hydrogens is 479 g/mol. The average Bonchev–Trinajstić information content (AvgIpc) is 3.28. The number of hydrogen-bond donors (Lipinski definition) is 2. The highest BCUT2D eigenvalue weighted by molar-refractivity contribution is 5.95. The van der Waals surface area contributed by atoms with E-state index in [-0.39, 0.29) is 17.9 Å². The highest BCUT2D eigenvalue weighted by Crippen LogP contribution is 2.26. The van der Waals surface area contributed by atoms with Crippen molar-refractivity contribution < 1.29 is 32.7 Å². The summed E-state index contributed by atoms with van der Waals surface area (Å²) in [5.41, 5.74) is 3.01. The van der Waals surface area contributed by atoms with Gasteiger partial charge >= 0.3 is 12.1 Å². The molecule has 2 amide bonds. The molecule has 0 spiro atoms. The summed E-state index contributed by atoms with van der Waals surface area (Å²) < 4.78 is 33.7. The number of rotatable bonds is 4. The van der Waals surface area contributed by atoms with Crippen LogP contribution in [0.4, 0.5) is 13.2 Å². The second-order valence-corrected chi connectivity index (χ2v) is 8.07. The van der Waals surface area contributed by atoms with Crippen LogP contribution in [0.2, 0.25) is 0 Å². The molecule has 2 N–H and O–H groups in total. The Morgan fingerprint density at radius 3 is 2.50 bits per heavy atom. The van der Waals surface area contributed by atoms with E-state index in [9.17, 15) is 22.8 Å². The molecule has 0 saturated heterocycles. The fourth-order valence-corrected chi connectivity index (χ4v) is 3.60. The van der Waals surface area contributed by atoms with Gasteiger partial charge in [0.15, 0.2) is 0 Å². The molecule has 2 aromatic heterocycles. The minimum absolute atomic E-state index is 0.0157. The van der Waals surface area contributed by atoms with Gasteiger partial charge in [-0.25, -0.2) is 9.78 Å². The number of nitrogens with zero attached hydrogens (tertiary/aromatic N) is 4. The summed E-state index contributed by atoms with van der Waals surface area (Å²) in [5.74, 6) is -2.28. The van der Waals surface area contributed by atoms with Crippen LogP contribution in [-0.2, 0) is 17.9 Å². The summed E-state index contributed by atoms with van der Waals surface area (Å²) in [6.45, 7) is 5.50. The van der Waals surface area contributed by atoms with Crippen molar-refractivity contribution in [2.24, 2.45) is 0 Å². The van der Waals surface area contributed by atoms with Gasteiger partial charge in [-0.1, -0.05) is 23.8 Å². The third-order valence-corrected chi connectivity index (χ3v) is 5.41. The topological polar surface area (TPSA) is 117 Å². The summed E-state index contributed by atoms with van der Waals surface area (Å²) in [6, 6.07) is 11.1. The number of benzene rings is 1. The van der Waals surface area contributed by atoms with Gasteiger partial charge in [0.05, 0.1) is 6.04 Å². The number of fused-ring (bicyclic) bond motifs is 1. The van der Waals surface area contributed by atoms with E-state index >= 15 is 0 Å². The maximum absolute atomic E-state index is 13.0. The molecule has 0 saturated carbocycles. The van der Waals surface area contributed by atoms with E-state index in [0.29, 0.717) is 30.9 Å². The number of aryl methyl sites for hydroxylation is 1. The number of alkyl halides is 3. The molecule has 1 atom stereocenters. The van der Waals surface area contributed by atoms with Crippen LogP contribution in [0.1, 0.15) is 50.8 Å². The Balaban J connectivity index is 0.000000454. The second-order valence-electron chi connectivity index (χ2n) is 8.07. The van der Waals surface area contributed by atoms with Gasteiger partial charge < -0.3 is 19.9 Å². The number of nitrogens with one attached hydrogen (secondary N) is 1. The van der Waals surface area contributed by atoms with Crippen molar-refractivity contribution in [3.05, 3.63) is 83.2 Å². The summed E-state index contributed by atoms with van der Waals surface area (Å²) in [6.07, 6.45) is 0.0914. The number of carboxylic acid groups (broad SMARTS) is 1. The minimum atomic E-state index is -5.08. The summed E-state index contributed by atoms with van der Waals surface area (Å²) >= 11 is 0. The van der Waals surface area contributed by atoms with Crippen LogP contribution in [0, 0.1) is 6.92 Å². The van der Waals surface area contributed by atoms with Crippen molar-refractivity contribution >= 4 is 17.8 Å². The molecule has 3 aromatic rings. The largest absolute Gasteiger partial charge is 0.490 e. The van der Waals surface area contributed by atoms with Gasteiger partial charge in [0.1, 0.15) is 11.5 Å². The Morgan fingerprint density at radius 2 is 1.89 bits per heavy atom. The van der Waals surface area contributed by atoms with E-state index in [4.69, 9.17) is 9.90 Å². The SMILES string of the molecule is Cc1cccc(C(=O)N2CCn3cc(C(=O)NCc4cccnc4)nc3C2C)c1.O=C(O)C(F)(F)F. The van der Waals surface area contributed by atoms with Gasteiger partial charge in [-0.3, -0.25) is 14.6 Å². The molecule has 0 fully saturated rings. The number of aliphatic carboxylic acids is 1. The number of carbonyl (C=O) groups excluding carboxylic acids is 2. The van der Waals surface area contributed by atoms with Crippen LogP contribution < -0.4 is 5.32 Å². The first kappa shape index (κ1) is 26.4. The van der Waals surface area contributed by atoms with Gasteiger partial charge in [-0.2, -0.15) is 13.2 Å². The van der Waals surface area contributed by atoms with Crippen molar-refractivity contribution in [1.82, 2.24) is 24.8 Å². The first-order chi connectivity index (χ1) is 17.0. The van der Waals surface area contributed by atoms with Crippen molar-refractivity contribution in [1.29, 1.82) is 0 Å². The number of carbonyl (C=O) groups is 3. The molecule has 4 rings (SSSR count). The van der Waals surface area contributed by atoms with Crippen LogP contribution in [0.3, 0.4) is 0 Å². The predicted octanol–water partition coefficient (Wildman–Crippen LogP) is 3.37. The monoisotopic (exact) mass is 503 g/mol.